The number of amides is 3. The third kappa shape index (κ3) is 8.72. The minimum atomic E-state index is -0.448. The molecule has 0 aliphatic rings. The lowest BCUT2D eigenvalue weighted by molar-refractivity contribution is -0.122. The Bertz CT molecular complexity index is 1950. The molecule has 0 unspecified atom stereocenters. The van der Waals surface area contributed by atoms with Crippen molar-refractivity contribution < 1.29 is 19.1 Å². The molecule has 2 heterocycles. The fraction of sp³-hybridized carbons (Fsp3) is 0.139. The van der Waals surface area contributed by atoms with Crippen molar-refractivity contribution in [1.82, 2.24) is 15.3 Å². The molecule has 0 aliphatic carbocycles. The summed E-state index contributed by atoms with van der Waals surface area (Å²) in [6.07, 6.45) is 6.46. The normalized spacial score (nSPS) is 11.0. The summed E-state index contributed by atoms with van der Waals surface area (Å²) >= 11 is 13.2. The van der Waals surface area contributed by atoms with Crippen LogP contribution in [0.5, 0.6) is 5.75 Å². The molecule has 5 rings (SSSR count). The number of carbonyl (C=O) groups excluding carboxylic acids is 3. The van der Waals surface area contributed by atoms with Crippen LogP contribution in [0.4, 0.5) is 11.4 Å². The first kappa shape index (κ1) is 33.1. The molecule has 3 amide bonds. The maximum atomic E-state index is 13.0. The van der Waals surface area contributed by atoms with Crippen molar-refractivity contribution in [1.29, 1.82) is 0 Å². The van der Waals surface area contributed by atoms with E-state index in [0.29, 0.717) is 27.7 Å². The molecular formula is C36H31Cl2N5O4. The summed E-state index contributed by atoms with van der Waals surface area (Å²) in [7, 11) is 1.57. The maximum absolute atomic E-state index is 13.0. The Labute approximate surface area is 282 Å². The van der Waals surface area contributed by atoms with Gasteiger partial charge in [-0.05, 0) is 66.6 Å². The van der Waals surface area contributed by atoms with E-state index in [1.165, 1.54) is 11.0 Å². The number of hydrogen-bond donors (Lipinski definition) is 2. The minimum absolute atomic E-state index is 0.0581. The lowest BCUT2D eigenvalue weighted by Crippen LogP contribution is -2.37. The first-order valence-electron chi connectivity index (χ1n) is 14.7. The summed E-state index contributed by atoms with van der Waals surface area (Å²) in [4.78, 5) is 47.7. The Balaban J connectivity index is 1.14. The highest BCUT2D eigenvalue weighted by Gasteiger charge is 2.19. The Hall–Kier alpha value is -5.25. The van der Waals surface area contributed by atoms with Gasteiger partial charge in [0.25, 0.3) is 0 Å². The van der Waals surface area contributed by atoms with Crippen molar-refractivity contribution in [2.24, 2.45) is 0 Å². The highest BCUT2D eigenvalue weighted by Crippen LogP contribution is 2.35. The van der Waals surface area contributed by atoms with E-state index in [1.807, 2.05) is 43.3 Å². The van der Waals surface area contributed by atoms with E-state index in [4.69, 9.17) is 27.9 Å². The van der Waals surface area contributed by atoms with Crippen LogP contribution in [0.3, 0.4) is 0 Å². The quantitative estimate of drug-likeness (QED) is 0.150. The molecule has 0 radical (unpaired) electrons. The van der Waals surface area contributed by atoms with Crippen LogP contribution in [0.25, 0.3) is 17.0 Å². The van der Waals surface area contributed by atoms with Crippen molar-refractivity contribution >= 4 is 69.3 Å². The molecule has 0 bridgehead atoms. The third-order valence-electron chi connectivity index (χ3n) is 7.22. The van der Waals surface area contributed by atoms with Gasteiger partial charge in [0.1, 0.15) is 17.9 Å². The van der Waals surface area contributed by atoms with Crippen LogP contribution in [0, 0.1) is 6.92 Å². The van der Waals surface area contributed by atoms with Crippen LogP contribution < -0.4 is 20.3 Å². The molecular weight excluding hydrogens is 637 g/mol. The summed E-state index contributed by atoms with van der Waals surface area (Å²) in [6, 6.07) is 23.5. The van der Waals surface area contributed by atoms with Crippen LogP contribution in [-0.2, 0) is 27.4 Å². The van der Waals surface area contributed by atoms with Crippen molar-refractivity contribution in [2.45, 2.75) is 20.0 Å². The molecule has 0 atom stereocenters. The van der Waals surface area contributed by atoms with Gasteiger partial charge in [-0.1, -0.05) is 59.6 Å². The Morgan fingerprint density at radius 1 is 0.957 bits per heavy atom. The molecule has 3 aromatic carbocycles. The molecule has 0 aliphatic heterocycles. The molecule has 5 aromatic rings. The van der Waals surface area contributed by atoms with Gasteiger partial charge in [0.2, 0.25) is 17.7 Å². The van der Waals surface area contributed by atoms with E-state index in [2.05, 4.69) is 20.6 Å². The number of nitrogens with one attached hydrogen (secondary N) is 2. The lowest BCUT2D eigenvalue weighted by Gasteiger charge is -2.21. The molecule has 2 aromatic heterocycles. The number of aryl methyl sites for hydroxylation is 1. The van der Waals surface area contributed by atoms with E-state index in [0.717, 1.165) is 27.7 Å². The highest BCUT2D eigenvalue weighted by molar-refractivity contribution is 6.38. The van der Waals surface area contributed by atoms with Gasteiger partial charge in [-0.15, -0.1) is 0 Å². The summed E-state index contributed by atoms with van der Waals surface area (Å²) in [5.41, 5.74) is 4.72. The third-order valence-corrected chi connectivity index (χ3v) is 7.99. The van der Waals surface area contributed by atoms with Crippen LogP contribution in [0.1, 0.15) is 22.4 Å². The number of likely N-dealkylation sites (N-methyl/N-ethyl adjacent to an activating group) is 1. The smallest absolute Gasteiger partial charge is 0.246 e. The second-order valence-electron chi connectivity index (χ2n) is 10.6. The van der Waals surface area contributed by atoms with Crippen LogP contribution in [0.15, 0.2) is 97.3 Å². The summed E-state index contributed by atoms with van der Waals surface area (Å²) in [6.45, 7) is 1.71. The van der Waals surface area contributed by atoms with E-state index in [-0.39, 0.29) is 36.4 Å². The summed E-state index contributed by atoms with van der Waals surface area (Å²) in [5, 5.41) is 7.03. The van der Waals surface area contributed by atoms with Crippen molar-refractivity contribution in [3.05, 3.63) is 130 Å². The second-order valence-corrected chi connectivity index (χ2v) is 11.4. The minimum Gasteiger partial charge on any atom is -0.487 e. The summed E-state index contributed by atoms with van der Waals surface area (Å²) < 4.78 is 6.08. The zero-order valence-corrected chi connectivity index (χ0v) is 27.2. The van der Waals surface area contributed by atoms with Gasteiger partial charge in [-0.3, -0.25) is 19.4 Å². The number of nitrogens with zero attached hydrogens (tertiary/aromatic N) is 3. The number of halogens is 2. The molecule has 0 saturated carbocycles. The zero-order chi connectivity index (χ0) is 33.3. The SMILES string of the molecule is Cc1ccc2cccc(OCc3c(Cl)ccc(N(C)C(=O)CNC(=O)C=Cc4ccc(NC(=O)Cc5cccnc5)cc4)c3Cl)c2n1. The number of carbonyl (C=O) groups is 3. The van der Waals surface area contributed by atoms with Crippen molar-refractivity contribution in [3.63, 3.8) is 0 Å². The van der Waals surface area contributed by atoms with Gasteiger partial charge in [-0.25, -0.2) is 4.98 Å². The number of para-hydroxylation sites is 1. The first-order valence-corrected chi connectivity index (χ1v) is 15.4. The highest BCUT2D eigenvalue weighted by atomic mass is 35.5. The zero-order valence-electron chi connectivity index (χ0n) is 25.7. The van der Waals surface area contributed by atoms with Crippen LogP contribution >= 0.6 is 23.2 Å². The fourth-order valence-corrected chi connectivity index (χ4v) is 5.28. The molecule has 11 heteroatoms. The predicted octanol–water partition coefficient (Wildman–Crippen LogP) is 6.80. The van der Waals surface area contributed by atoms with E-state index < -0.39 is 5.91 Å². The van der Waals surface area contributed by atoms with Gasteiger partial charge < -0.3 is 20.3 Å². The molecule has 0 saturated heterocycles. The standard InChI is InChI=1S/C36H31Cl2N5O4/c1-23-8-12-26-6-3-7-31(36(26)41-23)47-22-28-29(37)15-16-30(35(28)38)43(2)34(46)21-40-32(44)17-11-24-9-13-27(14-10-24)42-33(45)19-25-5-4-18-39-20-25/h3-18,20H,19,21-22H2,1-2H3,(H,40,44)(H,42,45). The van der Waals surface area contributed by atoms with Gasteiger partial charge in [0.15, 0.2) is 0 Å². The Kier molecular flexibility index (Phi) is 10.8. The van der Waals surface area contributed by atoms with Crippen molar-refractivity contribution in [3.8, 4) is 5.75 Å². The molecule has 47 heavy (non-hydrogen) atoms. The van der Waals surface area contributed by atoms with E-state index >= 15 is 0 Å². The van der Waals surface area contributed by atoms with Crippen LogP contribution in [-0.4, -0.2) is 41.3 Å². The average Bonchev–Trinajstić information content (AvgIpc) is 3.07. The molecule has 0 spiro atoms. The van der Waals surface area contributed by atoms with Gasteiger partial charge in [-0.2, -0.15) is 0 Å². The summed E-state index contributed by atoms with van der Waals surface area (Å²) in [5.74, 6) is -0.407. The number of ether oxygens (including phenoxy) is 1. The van der Waals surface area contributed by atoms with Gasteiger partial charge in [0.05, 0.1) is 23.7 Å². The Morgan fingerprint density at radius 2 is 1.77 bits per heavy atom. The number of rotatable bonds is 11. The van der Waals surface area contributed by atoms with Gasteiger partial charge in [0, 0.05) is 52.9 Å². The average molecular weight is 669 g/mol. The fourth-order valence-electron chi connectivity index (χ4n) is 4.68. The number of fused-ring (bicyclic) bond motifs is 1. The number of anilines is 2. The molecule has 2 N–H and O–H groups in total. The Morgan fingerprint density at radius 3 is 2.53 bits per heavy atom. The predicted molar refractivity (Wildman–Crippen MR) is 186 cm³/mol. The van der Waals surface area contributed by atoms with Gasteiger partial charge >= 0.3 is 0 Å². The first-order chi connectivity index (χ1) is 22.7. The topological polar surface area (TPSA) is 114 Å². The number of hydrogen-bond acceptors (Lipinski definition) is 6. The monoisotopic (exact) mass is 667 g/mol. The molecule has 9 nitrogen and oxygen atoms in total. The van der Waals surface area contributed by atoms with E-state index in [1.54, 1.807) is 68.0 Å². The lowest BCUT2D eigenvalue weighted by atomic mass is 10.1. The number of aromatic nitrogens is 2. The van der Waals surface area contributed by atoms with Crippen LogP contribution in [0.2, 0.25) is 10.0 Å². The number of benzene rings is 3. The molecule has 238 valence electrons. The number of pyridine rings is 2. The van der Waals surface area contributed by atoms with E-state index in [9.17, 15) is 14.4 Å². The second kappa shape index (κ2) is 15.4. The molecule has 0 fully saturated rings. The maximum Gasteiger partial charge on any atom is 0.246 e. The largest absolute Gasteiger partial charge is 0.487 e. The van der Waals surface area contributed by atoms with Crippen molar-refractivity contribution in [2.75, 3.05) is 23.8 Å².